The summed E-state index contributed by atoms with van der Waals surface area (Å²) in [5.41, 5.74) is 2.54. The van der Waals surface area contributed by atoms with Gasteiger partial charge in [0.25, 0.3) is 11.8 Å². The van der Waals surface area contributed by atoms with Gasteiger partial charge in [-0.25, -0.2) is 0 Å². The molecule has 134 valence electrons. The fraction of sp³-hybridized carbons (Fsp3) is 0.368. The molecule has 0 fully saturated rings. The van der Waals surface area contributed by atoms with Crippen LogP contribution in [0.3, 0.4) is 0 Å². The van der Waals surface area contributed by atoms with Gasteiger partial charge in [0.2, 0.25) is 0 Å². The highest BCUT2D eigenvalue weighted by Crippen LogP contribution is 2.28. The van der Waals surface area contributed by atoms with Crippen molar-refractivity contribution in [2.24, 2.45) is 5.92 Å². The van der Waals surface area contributed by atoms with Crippen molar-refractivity contribution in [2.75, 3.05) is 11.9 Å². The zero-order chi connectivity index (χ0) is 18.7. The fourth-order valence-corrected chi connectivity index (χ4v) is 2.98. The number of nitrogens with one attached hydrogen (secondary N) is 2. The average Bonchev–Trinajstić information content (AvgIpc) is 2.79. The van der Waals surface area contributed by atoms with Crippen molar-refractivity contribution in [3.63, 3.8) is 0 Å². The molecular weight excluding hydrogens is 384 g/mol. The van der Waals surface area contributed by atoms with Gasteiger partial charge in [-0.15, -0.1) is 0 Å². The van der Waals surface area contributed by atoms with Crippen molar-refractivity contribution >= 4 is 33.4 Å². The minimum absolute atomic E-state index is 0.112. The van der Waals surface area contributed by atoms with Gasteiger partial charge in [0.05, 0.1) is 10.0 Å². The van der Waals surface area contributed by atoms with E-state index < -0.39 is 0 Å². The quantitative estimate of drug-likeness (QED) is 0.761. The van der Waals surface area contributed by atoms with Gasteiger partial charge in [-0.05, 0) is 66.4 Å². The summed E-state index contributed by atoms with van der Waals surface area (Å²) in [5, 5.41) is 5.76. The lowest BCUT2D eigenvalue weighted by Gasteiger charge is -2.11. The van der Waals surface area contributed by atoms with E-state index in [2.05, 4.69) is 26.6 Å². The highest BCUT2D eigenvalue weighted by molar-refractivity contribution is 9.10. The highest BCUT2D eigenvalue weighted by atomic mass is 79.9. The summed E-state index contributed by atoms with van der Waals surface area (Å²) >= 11 is 3.39. The smallest absolute Gasteiger partial charge is 0.260 e. The molecule has 1 heterocycles. The first-order chi connectivity index (χ1) is 11.7. The van der Waals surface area contributed by atoms with E-state index >= 15 is 0 Å². The molecule has 0 aliphatic heterocycles. The molecule has 2 rings (SSSR count). The Morgan fingerprint density at radius 2 is 1.80 bits per heavy atom. The third-order valence-corrected chi connectivity index (χ3v) is 4.78. The Kier molecular flexibility index (Phi) is 6.06. The first kappa shape index (κ1) is 19.2. The molecule has 0 aliphatic rings. The van der Waals surface area contributed by atoms with E-state index in [9.17, 15) is 9.59 Å². The first-order valence-corrected chi connectivity index (χ1v) is 8.95. The minimum Gasteiger partial charge on any atom is -0.465 e. The molecule has 5 nitrogen and oxygen atoms in total. The zero-order valence-corrected chi connectivity index (χ0v) is 16.7. The highest BCUT2D eigenvalue weighted by Gasteiger charge is 2.20. The maximum Gasteiger partial charge on any atom is 0.260 e. The molecule has 0 saturated heterocycles. The lowest BCUT2D eigenvalue weighted by atomic mass is 10.1. The lowest BCUT2D eigenvalue weighted by Crippen LogP contribution is -2.27. The molecule has 0 bridgehead atoms. The van der Waals surface area contributed by atoms with Gasteiger partial charge in [-0.1, -0.05) is 13.8 Å². The van der Waals surface area contributed by atoms with Crippen molar-refractivity contribution in [3.8, 4) is 0 Å². The largest absolute Gasteiger partial charge is 0.465 e. The second kappa shape index (κ2) is 7.87. The molecular formula is C19H23BrN2O3. The lowest BCUT2D eigenvalue weighted by molar-refractivity contribution is 0.0948. The second-order valence-electron chi connectivity index (χ2n) is 6.49. The standard InChI is InChI=1S/C19H23BrN2O3/c1-10(2)9-21-18(23)14-6-7-15(11(3)8-14)22-19(24)16-12(4)25-13(5)17(16)20/h6-8,10H,9H2,1-5H3,(H,21,23)(H,22,24). The Bertz CT molecular complexity index is 809. The fourth-order valence-electron chi connectivity index (χ4n) is 2.44. The molecule has 2 aromatic rings. The molecule has 0 aliphatic carbocycles. The van der Waals surface area contributed by atoms with Crippen LogP contribution in [0.4, 0.5) is 5.69 Å². The number of carbonyl (C=O) groups is 2. The van der Waals surface area contributed by atoms with Crippen LogP contribution in [0.15, 0.2) is 27.1 Å². The average molecular weight is 407 g/mol. The Hall–Kier alpha value is -2.08. The van der Waals surface area contributed by atoms with Crippen LogP contribution in [-0.4, -0.2) is 18.4 Å². The Balaban J connectivity index is 2.16. The summed E-state index contributed by atoms with van der Waals surface area (Å²) in [4.78, 5) is 24.7. The maximum absolute atomic E-state index is 12.5. The van der Waals surface area contributed by atoms with Crippen LogP contribution in [-0.2, 0) is 0 Å². The molecule has 1 aromatic carbocycles. The number of aryl methyl sites for hydroxylation is 3. The normalized spacial score (nSPS) is 10.8. The number of benzene rings is 1. The van der Waals surface area contributed by atoms with Crippen molar-refractivity contribution in [2.45, 2.75) is 34.6 Å². The van der Waals surface area contributed by atoms with Crippen LogP contribution in [0.5, 0.6) is 0 Å². The van der Waals surface area contributed by atoms with Gasteiger partial charge in [0, 0.05) is 17.8 Å². The molecule has 2 N–H and O–H groups in total. The van der Waals surface area contributed by atoms with Crippen LogP contribution in [0.25, 0.3) is 0 Å². The molecule has 0 spiro atoms. The summed E-state index contributed by atoms with van der Waals surface area (Å²) in [6.45, 7) is 10.1. The van der Waals surface area contributed by atoms with Crippen LogP contribution < -0.4 is 10.6 Å². The van der Waals surface area contributed by atoms with Gasteiger partial charge in [0.15, 0.2) is 0 Å². The minimum atomic E-state index is -0.249. The number of furan rings is 1. The molecule has 0 atom stereocenters. The summed E-state index contributed by atoms with van der Waals surface area (Å²) in [7, 11) is 0. The van der Waals surface area contributed by atoms with Gasteiger partial charge in [-0.2, -0.15) is 0 Å². The molecule has 2 amide bonds. The number of rotatable bonds is 5. The summed E-state index contributed by atoms with van der Waals surface area (Å²) in [6, 6.07) is 5.22. The van der Waals surface area contributed by atoms with Crippen LogP contribution in [0, 0.1) is 26.7 Å². The van der Waals surface area contributed by atoms with Gasteiger partial charge < -0.3 is 15.1 Å². The molecule has 25 heavy (non-hydrogen) atoms. The maximum atomic E-state index is 12.5. The number of carbonyl (C=O) groups excluding carboxylic acids is 2. The predicted octanol–water partition coefficient (Wildman–Crippen LogP) is 4.61. The number of hydrogen-bond donors (Lipinski definition) is 2. The van der Waals surface area contributed by atoms with Crippen LogP contribution in [0.1, 0.15) is 51.6 Å². The monoisotopic (exact) mass is 406 g/mol. The number of hydrogen-bond acceptors (Lipinski definition) is 3. The topological polar surface area (TPSA) is 71.3 Å². The van der Waals surface area contributed by atoms with E-state index in [-0.39, 0.29) is 11.8 Å². The van der Waals surface area contributed by atoms with Crippen molar-refractivity contribution in [1.29, 1.82) is 0 Å². The van der Waals surface area contributed by atoms with E-state index in [4.69, 9.17) is 4.42 Å². The predicted molar refractivity (Wildman–Crippen MR) is 102 cm³/mol. The molecule has 0 unspecified atom stereocenters. The van der Waals surface area contributed by atoms with Crippen molar-refractivity contribution < 1.29 is 14.0 Å². The van der Waals surface area contributed by atoms with E-state index in [1.165, 1.54) is 0 Å². The van der Waals surface area contributed by atoms with E-state index in [1.807, 2.05) is 20.8 Å². The van der Waals surface area contributed by atoms with Crippen molar-refractivity contribution in [3.05, 3.63) is 50.9 Å². The van der Waals surface area contributed by atoms with Gasteiger partial charge in [-0.3, -0.25) is 9.59 Å². The molecule has 0 radical (unpaired) electrons. The van der Waals surface area contributed by atoms with Gasteiger partial charge >= 0.3 is 0 Å². The van der Waals surface area contributed by atoms with E-state index in [0.717, 1.165) is 5.56 Å². The summed E-state index contributed by atoms with van der Waals surface area (Å²) in [5.74, 6) is 1.25. The number of anilines is 1. The second-order valence-corrected chi connectivity index (χ2v) is 7.28. The molecule has 0 saturated carbocycles. The van der Waals surface area contributed by atoms with Crippen LogP contribution in [0.2, 0.25) is 0 Å². The summed E-state index contributed by atoms with van der Waals surface area (Å²) in [6.07, 6.45) is 0. The SMILES string of the molecule is Cc1cc(C(=O)NCC(C)C)ccc1NC(=O)c1c(C)oc(C)c1Br. The number of amides is 2. The van der Waals surface area contributed by atoms with E-state index in [1.54, 1.807) is 32.0 Å². The third-order valence-electron chi connectivity index (χ3n) is 3.82. The van der Waals surface area contributed by atoms with Gasteiger partial charge in [0.1, 0.15) is 11.5 Å². The first-order valence-electron chi connectivity index (χ1n) is 8.16. The third kappa shape index (κ3) is 4.51. The summed E-state index contributed by atoms with van der Waals surface area (Å²) < 4.78 is 6.13. The Labute approximate surface area is 156 Å². The number of halogens is 1. The van der Waals surface area contributed by atoms with E-state index in [0.29, 0.717) is 45.3 Å². The Morgan fingerprint density at radius 1 is 1.12 bits per heavy atom. The van der Waals surface area contributed by atoms with Crippen LogP contribution >= 0.6 is 15.9 Å². The molecule has 6 heteroatoms. The Morgan fingerprint density at radius 3 is 2.32 bits per heavy atom. The molecule has 1 aromatic heterocycles. The van der Waals surface area contributed by atoms with Crippen molar-refractivity contribution in [1.82, 2.24) is 5.32 Å². The zero-order valence-electron chi connectivity index (χ0n) is 15.1.